The second-order valence-corrected chi connectivity index (χ2v) is 7.78. The normalized spacial score (nSPS) is 26.0. The predicted molar refractivity (Wildman–Crippen MR) is 98.8 cm³/mol. The van der Waals surface area contributed by atoms with Crippen molar-refractivity contribution in [1.82, 2.24) is 15.2 Å². The van der Waals surface area contributed by atoms with Gasteiger partial charge in [0.15, 0.2) is 5.82 Å². The van der Waals surface area contributed by atoms with Gasteiger partial charge in [0.1, 0.15) is 10.8 Å². The monoisotopic (exact) mass is 378 g/mol. The van der Waals surface area contributed by atoms with E-state index >= 15 is 0 Å². The van der Waals surface area contributed by atoms with Crippen molar-refractivity contribution in [2.75, 3.05) is 6.61 Å². The summed E-state index contributed by atoms with van der Waals surface area (Å²) < 4.78 is 0. The van der Waals surface area contributed by atoms with Gasteiger partial charge in [-0.1, -0.05) is 25.4 Å². The SMILES string of the molecule is CC1CC(CO)CC(C)C1Cc1nc(-c2ccc(Cl)c([N+](=O)[O-])c2)n[nH]1. The van der Waals surface area contributed by atoms with Crippen molar-refractivity contribution in [3.8, 4) is 11.4 Å². The van der Waals surface area contributed by atoms with Crippen LogP contribution in [-0.4, -0.2) is 31.8 Å². The standard InChI is InChI=1S/C18H23ClN4O3/c1-10-5-12(9-24)6-11(2)14(10)8-17-20-18(22-21-17)13-3-4-15(19)16(7-13)23(25)26/h3-4,7,10-12,14,24H,5-6,8-9H2,1-2H3,(H,20,21,22). The van der Waals surface area contributed by atoms with Crippen molar-refractivity contribution < 1.29 is 10.0 Å². The third kappa shape index (κ3) is 3.88. The van der Waals surface area contributed by atoms with Gasteiger partial charge >= 0.3 is 0 Å². The summed E-state index contributed by atoms with van der Waals surface area (Å²) >= 11 is 5.86. The zero-order valence-corrected chi connectivity index (χ0v) is 15.6. The smallest absolute Gasteiger partial charge is 0.288 e. The van der Waals surface area contributed by atoms with E-state index in [0.29, 0.717) is 35.1 Å². The summed E-state index contributed by atoms with van der Waals surface area (Å²) in [6.07, 6.45) is 2.83. The van der Waals surface area contributed by atoms with Crippen molar-refractivity contribution in [1.29, 1.82) is 0 Å². The Morgan fingerprint density at radius 3 is 2.65 bits per heavy atom. The molecule has 8 heteroatoms. The molecule has 140 valence electrons. The van der Waals surface area contributed by atoms with Crippen molar-refractivity contribution in [2.45, 2.75) is 33.1 Å². The second kappa shape index (κ2) is 7.72. The number of nitrogens with one attached hydrogen (secondary N) is 1. The Morgan fingerprint density at radius 1 is 1.35 bits per heavy atom. The molecule has 1 aromatic heterocycles. The van der Waals surface area contributed by atoms with Gasteiger partial charge in [0, 0.05) is 24.7 Å². The Bertz CT molecular complexity index is 782. The van der Waals surface area contributed by atoms with Crippen LogP contribution in [0.1, 0.15) is 32.5 Å². The van der Waals surface area contributed by atoms with E-state index in [0.717, 1.165) is 25.1 Å². The quantitative estimate of drug-likeness (QED) is 0.607. The Kier molecular flexibility index (Phi) is 5.58. The maximum atomic E-state index is 11.1. The lowest BCUT2D eigenvalue weighted by Gasteiger charge is -2.38. The lowest BCUT2D eigenvalue weighted by molar-refractivity contribution is -0.384. The fourth-order valence-corrected chi connectivity index (χ4v) is 4.33. The third-order valence-corrected chi connectivity index (χ3v) is 5.81. The van der Waals surface area contributed by atoms with Gasteiger partial charge in [-0.15, -0.1) is 0 Å². The number of aliphatic hydroxyl groups is 1. The van der Waals surface area contributed by atoms with Crippen LogP contribution in [0.25, 0.3) is 11.4 Å². The first-order valence-corrected chi connectivity index (χ1v) is 9.23. The molecule has 7 nitrogen and oxygen atoms in total. The van der Waals surface area contributed by atoms with Gasteiger partial charge in [0.05, 0.1) is 4.92 Å². The number of hydrogen-bond donors (Lipinski definition) is 2. The van der Waals surface area contributed by atoms with E-state index in [9.17, 15) is 15.2 Å². The molecule has 2 N–H and O–H groups in total. The third-order valence-electron chi connectivity index (χ3n) is 5.49. The first-order valence-electron chi connectivity index (χ1n) is 8.85. The van der Waals surface area contributed by atoms with Crippen LogP contribution >= 0.6 is 11.6 Å². The molecule has 0 aliphatic heterocycles. The largest absolute Gasteiger partial charge is 0.396 e. The number of nitrogens with zero attached hydrogens (tertiary/aromatic N) is 3. The number of aromatic amines is 1. The predicted octanol–water partition coefficient (Wildman–Crippen LogP) is 3.87. The molecule has 2 unspecified atom stereocenters. The van der Waals surface area contributed by atoms with Crippen molar-refractivity contribution in [2.24, 2.45) is 23.7 Å². The summed E-state index contributed by atoms with van der Waals surface area (Å²) in [5.74, 6) is 3.07. The maximum Gasteiger partial charge on any atom is 0.288 e. The van der Waals surface area contributed by atoms with Crippen LogP contribution in [0.2, 0.25) is 5.02 Å². The average molecular weight is 379 g/mol. The summed E-state index contributed by atoms with van der Waals surface area (Å²) in [6.45, 7) is 4.70. The van der Waals surface area contributed by atoms with E-state index in [-0.39, 0.29) is 17.3 Å². The number of nitro benzene ring substituents is 1. The van der Waals surface area contributed by atoms with Gasteiger partial charge in [-0.25, -0.2) is 4.98 Å². The first-order chi connectivity index (χ1) is 12.4. The maximum absolute atomic E-state index is 11.1. The number of aliphatic hydroxyl groups excluding tert-OH is 1. The van der Waals surface area contributed by atoms with Crippen LogP contribution in [0.3, 0.4) is 0 Å². The van der Waals surface area contributed by atoms with Crippen LogP contribution in [0.15, 0.2) is 18.2 Å². The Morgan fingerprint density at radius 2 is 2.04 bits per heavy atom. The van der Waals surface area contributed by atoms with Crippen molar-refractivity contribution >= 4 is 17.3 Å². The molecular formula is C18H23ClN4O3. The van der Waals surface area contributed by atoms with E-state index in [2.05, 4.69) is 29.0 Å². The fourth-order valence-electron chi connectivity index (χ4n) is 4.14. The van der Waals surface area contributed by atoms with Crippen LogP contribution in [0, 0.1) is 33.8 Å². The molecule has 0 amide bonds. The van der Waals surface area contributed by atoms with Gasteiger partial charge in [-0.05, 0) is 48.6 Å². The molecule has 2 atom stereocenters. The Labute approximate surface area is 156 Å². The highest BCUT2D eigenvalue weighted by molar-refractivity contribution is 6.32. The van der Waals surface area contributed by atoms with Crippen LogP contribution in [0.4, 0.5) is 5.69 Å². The molecule has 1 aliphatic carbocycles. The van der Waals surface area contributed by atoms with Crippen molar-refractivity contribution in [3.63, 3.8) is 0 Å². The van der Waals surface area contributed by atoms with Crippen LogP contribution in [-0.2, 0) is 6.42 Å². The zero-order chi connectivity index (χ0) is 18.8. The van der Waals surface area contributed by atoms with Gasteiger partial charge in [0.2, 0.25) is 0 Å². The Hall–Kier alpha value is -1.99. The number of rotatable bonds is 5. The number of hydrogen-bond acceptors (Lipinski definition) is 5. The number of aromatic nitrogens is 3. The van der Waals surface area contributed by atoms with E-state index in [1.54, 1.807) is 6.07 Å². The van der Waals surface area contributed by atoms with Crippen LogP contribution < -0.4 is 0 Å². The number of H-pyrrole nitrogens is 1. The van der Waals surface area contributed by atoms with E-state index < -0.39 is 4.92 Å². The summed E-state index contributed by atoms with van der Waals surface area (Å²) in [6, 6.07) is 4.57. The lowest BCUT2D eigenvalue weighted by Crippen LogP contribution is -2.32. The number of benzene rings is 1. The summed E-state index contributed by atoms with van der Waals surface area (Å²) in [4.78, 5) is 15.1. The zero-order valence-electron chi connectivity index (χ0n) is 14.9. The second-order valence-electron chi connectivity index (χ2n) is 7.37. The minimum atomic E-state index is -0.512. The molecule has 0 bridgehead atoms. The molecule has 26 heavy (non-hydrogen) atoms. The Balaban J connectivity index is 1.76. The topological polar surface area (TPSA) is 105 Å². The molecular weight excluding hydrogens is 356 g/mol. The summed E-state index contributed by atoms with van der Waals surface area (Å²) in [5, 5.41) is 27.8. The molecule has 1 fully saturated rings. The molecule has 3 rings (SSSR count). The van der Waals surface area contributed by atoms with Crippen molar-refractivity contribution in [3.05, 3.63) is 39.2 Å². The van der Waals surface area contributed by atoms with Crippen LogP contribution in [0.5, 0.6) is 0 Å². The minimum Gasteiger partial charge on any atom is -0.396 e. The van der Waals surface area contributed by atoms with E-state index in [1.165, 1.54) is 12.1 Å². The van der Waals surface area contributed by atoms with E-state index in [4.69, 9.17) is 11.6 Å². The fraction of sp³-hybridized carbons (Fsp3) is 0.556. The average Bonchev–Trinajstić information content (AvgIpc) is 3.06. The number of nitro groups is 1. The van der Waals surface area contributed by atoms with E-state index in [1.807, 2.05) is 0 Å². The van der Waals surface area contributed by atoms with Gasteiger partial charge < -0.3 is 5.11 Å². The molecule has 1 heterocycles. The molecule has 0 spiro atoms. The number of halogens is 1. The molecule has 1 aliphatic rings. The highest BCUT2D eigenvalue weighted by atomic mass is 35.5. The molecule has 1 saturated carbocycles. The van der Waals surface area contributed by atoms with Gasteiger partial charge in [0.25, 0.3) is 5.69 Å². The molecule has 0 radical (unpaired) electrons. The molecule has 0 saturated heterocycles. The highest BCUT2D eigenvalue weighted by Crippen LogP contribution is 2.39. The molecule has 2 aromatic rings. The van der Waals surface area contributed by atoms with Gasteiger partial charge in [-0.3, -0.25) is 15.2 Å². The van der Waals surface area contributed by atoms with Gasteiger partial charge in [-0.2, -0.15) is 5.10 Å². The highest BCUT2D eigenvalue weighted by Gasteiger charge is 2.33. The first kappa shape index (κ1) is 18.8. The minimum absolute atomic E-state index is 0.0952. The lowest BCUT2D eigenvalue weighted by atomic mass is 9.68. The molecule has 1 aromatic carbocycles. The summed E-state index contributed by atoms with van der Waals surface area (Å²) in [5.41, 5.74) is 0.411. The summed E-state index contributed by atoms with van der Waals surface area (Å²) in [7, 11) is 0.